The molecule has 160 valence electrons. The van der Waals surface area contributed by atoms with Crippen molar-refractivity contribution in [2.75, 3.05) is 56.2 Å². The lowest BCUT2D eigenvalue weighted by Crippen LogP contribution is -2.46. The summed E-state index contributed by atoms with van der Waals surface area (Å²) in [5, 5.41) is 2.68. The molecule has 8 heteroatoms. The van der Waals surface area contributed by atoms with Crippen LogP contribution in [0.15, 0.2) is 48.5 Å². The highest BCUT2D eigenvalue weighted by atomic mass is 19.1. The molecule has 1 heterocycles. The SMILES string of the molecule is CCN1CCN(c2ccc(NC(=O)COC(=O)COc3ccccc3F)cc2)CC1. The Hall–Kier alpha value is -3.13. The van der Waals surface area contributed by atoms with Gasteiger partial charge in [-0.05, 0) is 42.9 Å². The summed E-state index contributed by atoms with van der Waals surface area (Å²) in [4.78, 5) is 28.4. The Labute approximate surface area is 175 Å². The van der Waals surface area contributed by atoms with Gasteiger partial charge >= 0.3 is 5.97 Å². The minimum atomic E-state index is -0.755. The molecular weight excluding hydrogens is 389 g/mol. The van der Waals surface area contributed by atoms with Gasteiger partial charge in [0.15, 0.2) is 24.8 Å². The maximum absolute atomic E-state index is 13.4. The Bertz CT molecular complexity index is 852. The molecule has 1 aliphatic rings. The first kappa shape index (κ1) is 21.6. The van der Waals surface area contributed by atoms with E-state index in [-0.39, 0.29) is 5.75 Å². The van der Waals surface area contributed by atoms with Crippen LogP contribution in [0.3, 0.4) is 0 Å². The van der Waals surface area contributed by atoms with Crippen molar-refractivity contribution in [2.24, 2.45) is 0 Å². The van der Waals surface area contributed by atoms with E-state index in [0.717, 1.165) is 38.4 Å². The molecule has 1 saturated heterocycles. The van der Waals surface area contributed by atoms with Gasteiger partial charge in [-0.3, -0.25) is 4.79 Å². The van der Waals surface area contributed by atoms with Crippen LogP contribution in [0, 0.1) is 5.82 Å². The van der Waals surface area contributed by atoms with Crippen LogP contribution in [0.1, 0.15) is 6.92 Å². The predicted octanol–water partition coefficient (Wildman–Crippen LogP) is 2.53. The summed E-state index contributed by atoms with van der Waals surface area (Å²) in [6.45, 7) is 6.35. The van der Waals surface area contributed by atoms with Gasteiger partial charge < -0.3 is 24.6 Å². The molecular formula is C22H26FN3O4. The van der Waals surface area contributed by atoms with E-state index >= 15 is 0 Å². The highest BCUT2D eigenvalue weighted by Crippen LogP contribution is 2.19. The van der Waals surface area contributed by atoms with Crippen LogP contribution in [0.2, 0.25) is 0 Å². The zero-order chi connectivity index (χ0) is 21.3. The summed E-state index contributed by atoms with van der Waals surface area (Å²) in [6, 6.07) is 13.3. The van der Waals surface area contributed by atoms with Gasteiger partial charge in [0.1, 0.15) is 0 Å². The number of para-hydroxylation sites is 1. The van der Waals surface area contributed by atoms with Crippen molar-refractivity contribution in [3.05, 3.63) is 54.3 Å². The number of piperazine rings is 1. The lowest BCUT2D eigenvalue weighted by molar-refractivity contribution is -0.149. The highest BCUT2D eigenvalue weighted by molar-refractivity contribution is 5.93. The minimum Gasteiger partial charge on any atom is -0.479 e. The fraction of sp³-hybridized carbons (Fsp3) is 0.364. The van der Waals surface area contributed by atoms with Crippen LogP contribution in [0.4, 0.5) is 15.8 Å². The Kier molecular flexibility index (Phi) is 7.62. The van der Waals surface area contributed by atoms with Crippen LogP contribution >= 0.6 is 0 Å². The normalized spacial score (nSPS) is 14.3. The van der Waals surface area contributed by atoms with Gasteiger partial charge in [0.05, 0.1) is 0 Å². The Balaban J connectivity index is 1.39. The van der Waals surface area contributed by atoms with Crippen molar-refractivity contribution < 1.29 is 23.5 Å². The van der Waals surface area contributed by atoms with Crippen molar-refractivity contribution in [1.82, 2.24) is 4.90 Å². The number of nitrogens with zero attached hydrogens (tertiary/aromatic N) is 2. The number of benzene rings is 2. The van der Waals surface area contributed by atoms with Crippen LogP contribution in [-0.4, -0.2) is 62.7 Å². The third-order valence-corrected chi connectivity index (χ3v) is 4.88. The zero-order valence-electron chi connectivity index (χ0n) is 17.0. The number of ether oxygens (including phenoxy) is 2. The number of anilines is 2. The third kappa shape index (κ3) is 6.18. The molecule has 1 N–H and O–H groups in total. The number of hydrogen-bond acceptors (Lipinski definition) is 6. The van der Waals surface area contributed by atoms with E-state index in [9.17, 15) is 14.0 Å². The molecule has 2 aromatic rings. The minimum absolute atomic E-state index is 0.0462. The summed E-state index contributed by atoms with van der Waals surface area (Å²) in [7, 11) is 0. The van der Waals surface area contributed by atoms with E-state index in [0.29, 0.717) is 5.69 Å². The lowest BCUT2D eigenvalue weighted by atomic mass is 10.2. The molecule has 0 atom stereocenters. The average Bonchev–Trinajstić information content (AvgIpc) is 2.78. The molecule has 0 radical (unpaired) electrons. The molecule has 0 bridgehead atoms. The number of amides is 1. The molecule has 1 aliphatic heterocycles. The smallest absolute Gasteiger partial charge is 0.344 e. The van der Waals surface area contributed by atoms with Gasteiger partial charge in [0.2, 0.25) is 0 Å². The maximum Gasteiger partial charge on any atom is 0.344 e. The Morgan fingerprint density at radius 1 is 1.00 bits per heavy atom. The Morgan fingerprint density at radius 3 is 2.37 bits per heavy atom. The van der Waals surface area contributed by atoms with Gasteiger partial charge in [-0.2, -0.15) is 0 Å². The number of carbonyl (C=O) groups is 2. The fourth-order valence-electron chi connectivity index (χ4n) is 3.16. The van der Waals surface area contributed by atoms with Gasteiger partial charge in [-0.25, -0.2) is 9.18 Å². The largest absolute Gasteiger partial charge is 0.479 e. The van der Waals surface area contributed by atoms with Crippen LogP contribution in [-0.2, 0) is 14.3 Å². The van der Waals surface area contributed by atoms with Crippen LogP contribution in [0.5, 0.6) is 5.75 Å². The van der Waals surface area contributed by atoms with Crippen molar-refractivity contribution in [1.29, 1.82) is 0 Å². The molecule has 0 saturated carbocycles. The van der Waals surface area contributed by atoms with Crippen molar-refractivity contribution >= 4 is 23.3 Å². The lowest BCUT2D eigenvalue weighted by Gasteiger charge is -2.35. The first-order chi connectivity index (χ1) is 14.5. The van der Waals surface area contributed by atoms with E-state index in [2.05, 4.69) is 22.0 Å². The van der Waals surface area contributed by atoms with E-state index in [1.807, 2.05) is 24.3 Å². The molecule has 0 unspecified atom stereocenters. The molecule has 1 fully saturated rings. The highest BCUT2D eigenvalue weighted by Gasteiger charge is 2.16. The molecule has 7 nitrogen and oxygen atoms in total. The molecule has 30 heavy (non-hydrogen) atoms. The van der Waals surface area contributed by atoms with Crippen LogP contribution in [0.25, 0.3) is 0 Å². The number of halogens is 1. The number of carbonyl (C=O) groups excluding carboxylic acids is 2. The molecule has 2 aromatic carbocycles. The number of nitrogens with one attached hydrogen (secondary N) is 1. The van der Waals surface area contributed by atoms with E-state index < -0.39 is 30.9 Å². The van der Waals surface area contributed by atoms with Crippen molar-refractivity contribution in [2.45, 2.75) is 6.92 Å². The van der Waals surface area contributed by atoms with E-state index in [4.69, 9.17) is 9.47 Å². The third-order valence-electron chi connectivity index (χ3n) is 4.88. The van der Waals surface area contributed by atoms with Gasteiger partial charge in [0, 0.05) is 37.6 Å². The first-order valence-corrected chi connectivity index (χ1v) is 9.95. The molecule has 0 aromatic heterocycles. The average molecular weight is 415 g/mol. The zero-order valence-corrected chi connectivity index (χ0v) is 17.0. The topological polar surface area (TPSA) is 71.1 Å². The quantitative estimate of drug-likeness (QED) is 0.668. The monoisotopic (exact) mass is 415 g/mol. The molecule has 3 rings (SSSR count). The predicted molar refractivity (Wildman–Crippen MR) is 112 cm³/mol. The van der Waals surface area contributed by atoms with E-state index in [1.165, 1.54) is 18.2 Å². The number of esters is 1. The second-order valence-electron chi connectivity index (χ2n) is 6.90. The van der Waals surface area contributed by atoms with Gasteiger partial charge in [0.25, 0.3) is 5.91 Å². The summed E-state index contributed by atoms with van der Waals surface area (Å²) in [5.41, 5.74) is 1.73. The van der Waals surface area contributed by atoms with Gasteiger partial charge in [-0.15, -0.1) is 0 Å². The second-order valence-corrected chi connectivity index (χ2v) is 6.90. The van der Waals surface area contributed by atoms with Crippen LogP contribution < -0.4 is 15.0 Å². The summed E-state index contributed by atoms with van der Waals surface area (Å²) < 4.78 is 23.3. The number of likely N-dealkylation sites (N-methyl/N-ethyl adjacent to an activating group) is 1. The van der Waals surface area contributed by atoms with Crippen molar-refractivity contribution in [3.63, 3.8) is 0 Å². The van der Waals surface area contributed by atoms with E-state index in [1.54, 1.807) is 6.07 Å². The molecule has 1 amide bonds. The summed E-state index contributed by atoms with van der Waals surface area (Å²) in [6.07, 6.45) is 0. The fourth-order valence-corrected chi connectivity index (χ4v) is 3.16. The Morgan fingerprint density at radius 2 is 1.70 bits per heavy atom. The summed E-state index contributed by atoms with van der Waals surface area (Å²) >= 11 is 0. The first-order valence-electron chi connectivity index (χ1n) is 9.95. The number of rotatable bonds is 8. The maximum atomic E-state index is 13.4. The molecule has 0 spiro atoms. The second kappa shape index (κ2) is 10.6. The summed E-state index contributed by atoms with van der Waals surface area (Å²) in [5.74, 6) is -1.83. The number of hydrogen-bond donors (Lipinski definition) is 1. The van der Waals surface area contributed by atoms with Crippen molar-refractivity contribution in [3.8, 4) is 5.75 Å². The van der Waals surface area contributed by atoms with Gasteiger partial charge in [-0.1, -0.05) is 19.1 Å². The molecule has 0 aliphatic carbocycles. The standard InChI is InChI=1S/C22H26FN3O4/c1-2-25-11-13-26(14-12-25)18-9-7-17(8-10-18)24-21(27)15-30-22(28)16-29-20-6-4-3-5-19(20)23/h3-10H,2,11-16H2,1H3,(H,24,27).